The first-order valence-corrected chi connectivity index (χ1v) is 3.56. The van der Waals surface area contributed by atoms with Gasteiger partial charge in [0.25, 0.3) is 0 Å². The van der Waals surface area contributed by atoms with Crippen molar-refractivity contribution in [3.63, 3.8) is 0 Å². The van der Waals surface area contributed by atoms with Gasteiger partial charge in [0, 0.05) is 0 Å². The molecule has 0 aliphatic carbocycles. The van der Waals surface area contributed by atoms with Crippen molar-refractivity contribution in [3.05, 3.63) is 0 Å². The van der Waals surface area contributed by atoms with Crippen LogP contribution in [0.1, 0.15) is 0 Å². The zero-order valence-electron chi connectivity index (χ0n) is 4.83. The predicted molar refractivity (Wildman–Crippen MR) is 31.3 cm³/mol. The third-order valence-electron chi connectivity index (χ3n) is 1.08. The van der Waals surface area contributed by atoms with Gasteiger partial charge in [-0.2, -0.15) is 0 Å². The van der Waals surface area contributed by atoms with Crippen molar-refractivity contribution in [2.45, 2.75) is 6.10 Å². The molecule has 1 atom stereocenters. The molecule has 0 aromatic carbocycles. The average molecular weight is 194 g/mol. The number of hydrogen-bond acceptors (Lipinski definition) is 3. The number of hydrogen-bond donors (Lipinski definition) is 0. The van der Waals surface area contributed by atoms with Crippen molar-refractivity contribution in [1.82, 2.24) is 0 Å². The third-order valence-corrected chi connectivity index (χ3v) is 1.63. The van der Waals surface area contributed by atoms with Crippen LogP contribution in [0.15, 0.2) is 0 Å². The molecule has 0 amide bonds. The zero-order chi connectivity index (χ0) is 6.69. The van der Waals surface area contributed by atoms with Gasteiger partial charge in [0.1, 0.15) is 0 Å². The molecule has 1 fully saturated rings. The summed E-state index contributed by atoms with van der Waals surface area (Å²) in [6.07, 6.45) is -0.362. The molecule has 0 N–H and O–H groups in total. The molecule has 0 bridgehead atoms. The molecule has 1 radical (unpaired) electrons. The summed E-state index contributed by atoms with van der Waals surface area (Å²) >= 11 is 2.37. The van der Waals surface area contributed by atoms with Crippen LogP contribution in [0.25, 0.3) is 0 Å². The van der Waals surface area contributed by atoms with Crippen LogP contribution >= 0.6 is 0 Å². The van der Waals surface area contributed by atoms with Crippen molar-refractivity contribution in [2.75, 3.05) is 19.8 Å². The minimum absolute atomic E-state index is 0.0744. The molecule has 1 saturated heterocycles. The molecule has 1 rings (SSSR count). The van der Waals surface area contributed by atoms with Crippen LogP contribution in [0.4, 0.5) is 0 Å². The summed E-state index contributed by atoms with van der Waals surface area (Å²) < 4.78 is 9.94. The normalized spacial score (nSPS) is 27.8. The van der Waals surface area contributed by atoms with E-state index in [4.69, 9.17) is 9.47 Å². The molecular formula is C5H7O3Se. The van der Waals surface area contributed by atoms with E-state index in [-0.39, 0.29) is 10.8 Å². The first-order valence-electron chi connectivity index (χ1n) is 2.71. The molecular weight excluding hydrogens is 187 g/mol. The fourth-order valence-electron chi connectivity index (χ4n) is 0.624. The molecule has 0 aromatic rings. The second-order valence-corrected chi connectivity index (χ2v) is 2.60. The van der Waals surface area contributed by atoms with E-state index >= 15 is 0 Å². The van der Waals surface area contributed by atoms with Crippen LogP contribution in [0.5, 0.6) is 0 Å². The Balaban J connectivity index is 2.31. The summed E-state index contributed by atoms with van der Waals surface area (Å²) in [5.74, 6) is 0. The SMILES string of the molecule is O=C([Se])C1COCCO1. The molecule has 51 valence electrons. The van der Waals surface area contributed by atoms with E-state index in [1.54, 1.807) is 0 Å². The van der Waals surface area contributed by atoms with Gasteiger partial charge in [0.15, 0.2) is 0 Å². The van der Waals surface area contributed by atoms with Gasteiger partial charge in [-0.05, 0) is 0 Å². The van der Waals surface area contributed by atoms with Crippen molar-refractivity contribution < 1.29 is 14.3 Å². The second kappa shape index (κ2) is 3.32. The number of rotatable bonds is 1. The second-order valence-electron chi connectivity index (χ2n) is 1.75. The Bertz CT molecular complexity index is 109. The van der Waals surface area contributed by atoms with E-state index in [0.29, 0.717) is 19.8 Å². The number of ether oxygens (including phenoxy) is 2. The van der Waals surface area contributed by atoms with Crippen LogP contribution < -0.4 is 0 Å². The van der Waals surface area contributed by atoms with Gasteiger partial charge in [-0.15, -0.1) is 0 Å². The first kappa shape index (κ1) is 7.22. The Morgan fingerprint density at radius 1 is 1.56 bits per heavy atom. The Kier molecular flexibility index (Phi) is 2.66. The van der Waals surface area contributed by atoms with E-state index in [9.17, 15) is 4.79 Å². The standard InChI is InChI=1S/C5H7O3Se/c6-5(9)4-3-7-1-2-8-4/h4H,1-3H2. The molecule has 1 unspecified atom stereocenters. The first-order chi connectivity index (χ1) is 4.30. The van der Waals surface area contributed by atoms with Gasteiger partial charge in [-0.25, -0.2) is 0 Å². The van der Waals surface area contributed by atoms with E-state index in [0.717, 1.165) is 0 Å². The molecule has 0 aromatic heterocycles. The Morgan fingerprint density at radius 2 is 2.33 bits per heavy atom. The molecule has 9 heavy (non-hydrogen) atoms. The van der Waals surface area contributed by atoms with Crippen LogP contribution in [0.2, 0.25) is 0 Å². The van der Waals surface area contributed by atoms with Gasteiger partial charge >= 0.3 is 60.9 Å². The van der Waals surface area contributed by atoms with Crippen molar-refractivity contribution >= 4 is 20.7 Å². The van der Waals surface area contributed by atoms with E-state index in [1.807, 2.05) is 0 Å². The quantitative estimate of drug-likeness (QED) is 0.507. The average Bonchev–Trinajstić information content (AvgIpc) is 1.90. The maximum absolute atomic E-state index is 10.5. The van der Waals surface area contributed by atoms with Crippen molar-refractivity contribution in [3.8, 4) is 0 Å². The summed E-state index contributed by atoms with van der Waals surface area (Å²) in [5.41, 5.74) is 0. The summed E-state index contributed by atoms with van der Waals surface area (Å²) in [7, 11) is 0. The van der Waals surface area contributed by atoms with Gasteiger partial charge < -0.3 is 0 Å². The predicted octanol–water partition coefficient (Wildman–Crippen LogP) is -0.903. The Labute approximate surface area is 61.5 Å². The summed E-state index contributed by atoms with van der Waals surface area (Å²) in [6, 6.07) is 0. The van der Waals surface area contributed by atoms with Gasteiger partial charge in [0.2, 0.25) is 0 Å². The van der Waals surface area contributed by atoms with E-state index < -0.39 is 0 Å². The monoisotopic (exact) mass is 195 g/mol. The molecule has 4 heteroatoms. The van der Waals surface area contributed by atoms with Gasteiger partial charge in [0.05, 0.1) is 0 Å². The number of carbonyl (C=O) groups excluding carboxylic acids is 1. The fraction of sp³-hybridized carbons (Fsp3) is 0.800. The Morgan fingerprint density at radius 3 is 2.67 bits per heavy atom. The molecule has 3 nitrogen and oxygen atoms in total. The summed E-state index contributed by atoms with van der Waals surface area (Å²) in [6.45, 7) is 1.52. The number of carbonyl (C=O) groups is 1. The van der Waals surface area contributed by atoms with Crippen molar-refractivity contribution in [2.24, 2.45) is 0 Å². The summed E-state index contributed by atoms with van der Waals surface area (Å²) in [4.78, 5) is 10.5. The van der Waals surface area contributed by atoms with E-state index in [2.05, 4.69) is 16.0 Å². The zero-order valence-corrected chi connectivity index (χ0v) is 6.54. The maximum atomic E-state index is 10.5. The van der Waals surface area contributed by atoms with Crippen LogP contribution in [0.3, 0.4) is 0 Å². The fourth-order valence-corrected chi connectivity index (χ4v) is 0.909. The van der Waals surface area contributed by atoms with Crippen LogP contribution in [-0.2, 0) is 14.3 Å². The van der Waals surface area contributed by atoms with Gasteiger partial charge in [-0.1, -0.05) is 0 Å². The van der Waals surface area contributed by atoms with Crippen LogP contribution in [-0.4, -0.2) is 46.6 Å². The molecule has 1 heterocycles. The van der Waals surface area contributed by atoms with Gasteiger partial charge in [-0.3, -0.25) is 0 Å². The van der Waals surface area contributed by atoms with E-state index in [1.165, 1.54) is 0 Å². The van der Waals surface area contributed by atoms with Crippen molar-refractivity contribution in [1.29, 1.82) is 0 Å². The Hall–Kier alpha value is 0.109. The minimum atomic E-state index is -0.362. The topological polar surface area (TPSA) is 35.5 Å². The third kappa shape index (κ3) is 2.06. The van der Waals surface area contributed by atoms with Crippen LogP contribution in [0, 0.1) is 0 Å². The molecule has 1 aliphatic heterocycles. The summed E-state index contributed by atoms with van der Waals surface area (Å²) in [5, 5.41) is 0. The molecule has 0 saturated carbocycles. The molecule has 1 aliphatic rings. The molecule has 0 spiro atoms.